The Labute approximate surface area is 177 Å². The molecule has 1 saturated heterocycles. The Balaban J connectivity index is 1.22. The van der Waals surface area contributed by atoms with Crippen LogP contribution in [0.25, 0.3) is 0 Å². The van der Waals surface area contributed by atoms with Crippen molar-refractivity contribution in [1.82, 2.24) is 10.2 Å². The Kier molecular flexibility index (Phi) is 6.64. The summed E-state index contributed by atoms with van der Waals surface area (Å²) >= 11 is 0. The number of fused-ring (bicyclic) bond motifs is 1. The van der Waals surface area contributed by atoms with Crippen LogP contribution >= 0.6 is 0 Å². The molecule has 2 aliphatic rings. The summed E-state index contributed by atoms with van der Waals surface area (Å²) in [6, 6.07) is 15.6. The third-order valence-electron chi connectivity index (χ3n) is 5.68. The lowest BCUT2D eigenvalue weighted by Crippen LogP contribution is -2.53. The Morgan fingerprint density at radius 1 is 1.13 bits per heavy atom. The van der Waals surface area contributed by atoms with Crippen LogP contribution in [0.3, 0.4) is 0 Å². The van der Waals surface area contributed by atoms with E-state index >= 15 is 0 Å². The molecule has 0 bridgehead atoms. The second kappa shape index (κ2) is 9.76. The Morgan fingerprint density at radius 3 is 2.87 bits per heavy atom. The smallest absolute Gasteiger partial charge is 0.410 e. The summed E-state index contributed by atoms with van der Waals surface area (Å²) < 4.78 is 11.4. The number of rotatable bonds is 6. The van der Waals surface area contributed by atoms with Crippen molar-refractivity contribution in [3.8, 4) is 5.75 Å². The van der Waals surface area contributed by atoms with Gasteiger partial charge in [-0.25, -0.2) is 4.79 Å². The van der Waals surface area contributed by atoms with E-state index in [0.717, 1.165) is 48.2 Å². The number of carbonyl (C=O) groups excluding carboxylic acids is 2. The highest BCUT2D eigenvalue weighted by Gasteiger charge is 2.24. The molecule has 158 valence electrons. The van der Waals surface area contributed by atoms with Crippen molar-refractivity contribution in [2.75, 3.05) is 26.2 Å². The SMILES string of the molecule is O=C1CCCc2cc(OCC[C@@H]3CN(C(=O)OCc4ccccc4)CCN3)ccc21. The van der Waals surface area contributed by atoms with Gasteiger partial charge in [-0.1, -0.05) is 30.3 Å². The minimum absolute atomic E-state index is 0.169. The van der Waals surface area contributed by atoms with Gasteiger partial charge in [-0.3, -0.25) is 4.79 Å². The summed E-state index contributed by atoms with van der Waals surface area (Å²) in [7, 11) is 0. The van der Waals surface area contributed by atoms with Gasteiger partial charge in [0.25, 0.3) is 0 Å². The zero-order valence-corrected chi connectivity index (χ0v) is 17.1. The largest absolute Gasteiger partial charge is 0.494 e. The Morgan fingerprint density at radius 2 is 2.00 bits per heavy atom. The van der Waals surface area contributed by atoms with Crippen molar-refractivity contribution in [1.29, 1.82) is 0 Å². The standard InChI is InChI=1S/C24H28N2O4/c27-23-8-4-7-19-15-21(9-10-22(19)23)29-14-11-20-16-26(13-12-25-20)24(28)30-17-18-5-2-1-3-6-18/h1-3,5-6,9-10,15,20,25H,4,7-8,11-14,16-17H2/t20-/m1/s1. The molecule has 0 saturated carbocycles. The van der Waals surface area contributed by atoms with Crippen LogP contribution in [-0.4, -0.2) is 49.1 Å². The molecule has 6 heteroatoms. The van der Waals surface area contributed by atoms with Crippen LogP contribution in [0.2, 0.25) is 0 Å². The van der Waals surface area contributed by atoms with Crippen molar-refractivity contribution < 1.29 is 19.1 Å². The molecule has 2 aromatic rings. The average molecular weight is 408 g/mol. The van der Waals surface area contributed by atoms with E-state index in [0.29, 0.717) is 26.1 Å². The Hall–Kier alpha value is -2.86. The highest BCUT2D eigenvalue weighted by molar-refractivity contribution is 5.98. The van der Waals surface area contributed by atoms with Crippen molar-refractivity contribution in [2.24, 2.45) is 0 Å². The minimum Gasteiger partial charge on any atom is -0.494 e. The highest BCUT2D eigenvalue weighted by Crippen LogP contribution is 2.25. The maximum atomic E-state index is 12.4. The number of hydrogen-bond acceptors (Lipinski definition) is 5. The van der Waals surface area contributed by atoms with Gasteiger partial charge in [0, 0.05) is 37.7 Å². The van der Waals surface area contributed by atoms with E-state index in [2.05, 4.69) is 5.32 Å². The van der Waals surface area contributed by atoms with Crippen molar-refractivity contribution in [3.05, 3.63) is 65.2 Å². The number of hydrogen-bond donors (Lipinski definition) is 1. The van der Waals surface area contributed by atoms with E-state index in [9.17, 15) is 9.59 Å². The van der Waals surface area contributed by atoms with Gasteiger partial charge < -0.3 is 19.7 Å². The summed E-state index contributed by atoms with van der Waals surface area (Å²) in [5.41, 5.74) is 2.91. The molecule has 1 N–H and O–H groups in total. The Bertz CT molecular complexity index is 884. The summed E-state index contributed by atoms with van der Waals surface area (Å²) in [6.07, 6.45) is 3.01. The first kappa shape index (κ1) is 20.4. The number of nitrogens with zero attached hydrogens (tertiary/aromatic N) is 1. The lowest BCUT2D eigenvalue weighted by Gasteiger charge is -2.33. The minimum atomic E-state index is -0.273. The van der Waals surface area contributed by atoms with E-state index in [4.69, 9.17) is 9.47 Å². The van der Waals surface area contributed by atoms with Crippen LogP contribution in [0, 0.1) is 0 Å². The first-order valence-corrected chi connectivity index (χ1v) is 10.7. The number of ether oxygens (including phenoxy) is 2. The second-order valence-electron chi connectivity index (χ2n) is 7.87. The van der Waals surface area contributed by atoms with E-state index < -0.39 is 0 Å². The topological polar surface area (TPSA) is 67.9 Å². The average Bonchev–Trinajstić information content (AvgIpc) is 2.78. The first-order valence-electron chi connectivity index (χ1n) is 10.7. The molecular formula is C24H28N2O4. The molecule has 0 aromatic heterocycles. The van der Waals surface area contributed by atoms with Crippen LogP contribution in [0.15, 0.2) is 48.5 Å². The maximum absolute atomic E-state index is 12.4. The molecule has 1 fully saturated rings. The molecular weight excluding hydrogens is 380 g/mol. The molecule has 1 heterocycles. The third-order valence-corrected chi connectivity index (χ3v) is 5.68. The molecule has 2 aromatic carbocycles. The molecule has 1 amide bonds. The van der Waals surface area contributed by atoms with Gasteiger partial charge in [0.05, 0.1) is 6.61 Å². The lowest BCUT2D eigenvalue weighted by atomic mass is 9.90. The number of nitrogens with one attached hydrogen (secondary N) is 1. The van der Waals surface area contributed by atoms with Gasteiger partial charge in [0.2, 0.25) is 0 Å². The molecule has 1 aliphatic carbocycles. The van der Waals surface area contributed by atoms with Crippen LogP contribution in [0.1, 0.15) is 40.7 Å². The summed E-state index contributed by atoms with van der Waals surface area (Å²) in [5.74, 6) is 1.03. The third kappa shape index (κ3) is 5.19. The zero-order valence-electron chi connectivity index (χ0n) is 17.1. The second-order valence-corrected chi connectivity index (χ2v) is 7.87. The number of amides is 1. The summed E-state index contributed by atoms with van der Waals surface area (Å²) in [6.45, 7) is 2.83. The fraction of sp³-hybridized carbons (Fsp3) is 0.417. The zero-order chi connectivity index (χ0) is 20.8. The van der Waals surface area contributed by atoms with E-state index in [-0.39, 0.29) is 24.5 Å². The monoisotopic (exact) mass is 408 g/mol. The van der Waals surface area contributed by atoms with Gasteiger partial charge >= 0.3 is 6.09 Å². The molecule has 1 atom stereocenters. The fourth-order valence-electron chi connectivity index (χ4n) is 4.03. The van der Waals surface area contributed by atoms with Gasteiger partial charge in [0.15, 0.2) is 5.78 Å². The molecule has 0 radical (unpaired) electrons. The summed E-state index contributed by atoms with van der Waals surface area (Å²) in [5, 5.41) is 3.45. The van der Waals surface area contributed by atoms with Crippen molar-refractivity contribution in [2.45, 2.75) is 38.3 Å². The number of ketones is 1. The number of benzene rings is 2. The summed E-state index contributed by atoms with van der Waals surface area (Å²) in [4.78, 5) is 26.1. The highest BCUT2D eigenvalue weighted by atomic mass is 16.6. The van der Waals surface area contributed by atoms with Gasteiger partial charge in [0.1, 0.15) is 12.4 Å². The molecule has 1 aliphatic heterocycles. The number of piperazine rings is 1. The predicted octanol–water partition coefficient (Wildman–Crippen LogP) is 3.59. The van der Waals surface area contributed by atoms with Gasteiger partial charge in [-0.15, -0.1) is 0 Å². The maximum Gasteiger partial charge on any atom is 0.410 e. The fourth-order valence-corrected chi connectivity index (χ4v) is 4.03. The molecule has 0 unspecified atom stereocenters. The van der Waals surface area contributed by atoms with Gasteiger partial charge in [-0.05, 0) is 48.6 Å². The molecule has 6 nitrogen and oxygen atoms in total. The van der Waals surface area contributed by atoms with Crippen LogP contribution in [-0.2, 0) is 17.8 Å². The van der Waals surface area contributed by atoms with Crippen LogP contribution in [0.4, 0.5) is 4.79 Å². The number of carbonyl (C=O) groups is 2. The van der Waals surface area contributed by atoms with Gasteiger partial charge in [-0.2, -0.15) is 0 Å². The van der Waals surface area contributed by atoms with Crippen molar-refractivity contribution >= 4 is 11.9 Å². The molecule has 0 spiro atoms. The molecule has 4 rings (SSSR count). The van der Waals surface area contributed by atoms with Crippen LogP contribution in [0.5, 0.6) is 5.75 Å². The van der Waals surface area contributed by atoms with E-state index in [1.54, 1.807) is 4.90 Å². The first-order chi connectivity index (χ1) is 14.7. The van der Waals surface area contributed by atoms with E-state index in [1.165, 1.54) is 0 Å². The van der Waals surface area contributed by atoms with E-state index in [1.807, 2.05) is 48.5 Å². The predicted molar refractivity (Wildman–Crippen MR) is 114 cm³/mol. The normalized spacial score (nSPS) is 18.6. The number of Topliss-reactive ketones (excluding diaryl/α,β-unsaturated/α-hetero) is 1. The number of aryl methyl sites for hydroxylation is 1. The quantitative estimate of drug-likeness (QED) is 0.791. The molecule has 30 heavy (non-hydrogen) atoms. The lowest BCUT2D eigenvalue weighted by molar-refractivity contribution is 0.0827. The van der Waals surface area contributed by atoms with Crippen molar-refractivity contribution in [3.63, 3.8) is 0 Å². The van der Waals surface area contributed by atoms with Crippen LogP contribution < -0.4 is 10.1 Å².